The summed E-state index contributed by atoms with van der Waals surface area (Å²) in [6.07, 6.45) is 4.10. The molecule has 1 aliphatic heterocycles. The molecule has 22 heavy (non-hydrogen) atoms. The van der Waals surface area contributed by atoms with Crippen LogP contribution in [0.25, 0.3) is 0 Å². The summed E-state index contributed by atoms with van der Waals surface area (Å²) >= 11 is 0. The second kappa shape index (κ2) is 6.65. The molecule has 114 valence electrons. The zero-order chi connectivity index (χ0) is 15.4. The Hall–Kier alpha value is -2.29. The number of para-hydroxylation sites is 1. The summed E-state index contributed by atoms with van der Waals surface area (Å²) < 4.78 is 0. The number of hydrogen-bond donors (Lipinski definition) is 1. The van der Waals surface area contributed by atoms with Gasteiger partial charge in [0.15, 0.2) is 0 Å². The highest BCUT2D eigenvalue weighted by atomic mass is 16.4. The third kappa shape index (κ3) is 3.14. The number of rotatable bonds is 5. The van der Waals surface area contributed by atoms with Crippen molar-refractivity contribution in [2.75, 3.05) is 18.0 Å². The Kier molecular flexibility index (Phi) is 4.42. The lowest BCUT2D eigenvalue weighted by atomic mass is 9.99. The molecule has 3 nitrogen and oxygen atoms in total. The van der Waals surface area contributed by atoms with Crippen molar-refractivity contribution in [3.63, 3.8) is 0 Å². The van der Waals surface area contributed by atoms with Gasteiger partial charge in [-0.15, -0.1) is 0 Å². The summed E-state index contributed by atoms with van der Waals surface area (Å²) in [5, 5.41) is 9.51. The van der Waals surface area contributed by atoms with Crippen molar-refractivity contribution in [3.8, 4) is 0 Å². The molecule has 2 aromatic rings. The van der Waals surface area contributed by atoms with Gasteiger partial charge >= 0.3 is 5.97 Å². The minimum atomic E-state index is -0.830. The van der Waals surface area contributed by atoms with E-state index in [4.69, 9.17) is 0 Å². The van der Waals surface area contributed by atoms with Gasteiger partial charge in [-0.1, -0.05) is 42.5 Å². The van der Waals surface area contributed by atoms with Crippen molar-refractivity contribution in [1.29, 1.82) is 0 Å². The van der Waals surface area contributed by atoms with Gasteiger partial charge in [0.05, 0.1) is 11.3 Å². The number of benzene rings is 2. The number of carboxylic acid groups (broad SMARTS) is 1. The number of aryl methyl sites for hydroxylation is 2. The van der Waals surface area contributed by atoms with Crippen molar-refractivity contribution in [3.05, 3.63) is 65.2 Å². The van der Waals surface area contributed by atoms with E-state index in [1.54, 1.807) is 6.07 Å². The zero-order valence-electron chi connectivity index (χ0n) is 12.7. The van der Waals surface area contributed by atoms with Crippen molar-refractivity contribution < 1.29 is 9.90 Å². The van der Waals surface area contributed by atoms with E-state index in [0.29, 0.717) is 5.56 Å². The van der Waals surface area contributed by atoms with Crippen LogP contribution in [0.15, 0.2) is 48.5 Å². The number of carbonyl (C=O) groups is 1. The van der Waals surface area contributed by atoms with Crippen molar-refractivity contribution in [2.24, 2.45) is 0 Å². The van der Waals surface area contributed by atoms with Gasteiger partial charge in [0.25, 0.3) is 0 Å². The molecule has 0 radical (unpaired) electrons. The number of carboxylic acids is 1. The SMILES string of the molecule is O=C(O)c1cccc(CCc2ccccc2)c1N1CCCC1. The van der Waals surface area contributed by atoms with Crippen LogP contribution in [-0.2, 0) is 12.8 Å². The Morgan fingerprint density at radius 1 is 0.955 bits per heavy atom. The molecule has 0 bridgehead atoms. The van der Waals surface area contributed by atoms with Gasteiger partial charge in [0.2, 0.25) is 0 Å². The maximum Gasteiger partial charge on any atom is 0.337 e. The second-order valence-corrected chi connectivity index (χ2v) is 5.80. The molecule has 1 saturated heterocycles. The Morgan fingerprint density at radius 3 is 2.36 bits per heavy atom. The molecular weight excluding hydrogens is 274 g/mol. The molecule has 1 heterocycles. The van der Waals surface area contributed by atoms with E-state index < -0.39 is 5.97 Å². The number of anilines is 1. The lowest BCUT2D eigenvalue weighted by Gasteiger charge is -2.23. The van der Waals surface area contributed by atoms with Crippen LogP contribution in [-0.4, -0.2) is 24.2 Å². The lowest BCUT2D eigenvalue weighted by molar-refractivity contribution is 0.0697. The summed E-state index contributed by atoms with van der Waals surface area (Å²) in [6, 6.07) is 16.0. The Morgan fingerprint density at radius 2 is 1.68 bits per heavy atom. The minimum absolute atomic E-state index is 0.437. The maximum absolute atomic E-state index is 11.6. The number of aromatic carboxylic acids is 1. The molecule has 0 atom stereocenters. The van der Waals surface area contributed by atoms with Crippen LogP contribution in [0.3, 0.4) is 0 Å². The molecule has 1 N–H and O–H groups in total. The zero-order valence-corrected chi connectivity index (χ0v) is 12.7. The molecule has 1 fully saturated rings. The molecule has 0 saturated carbocycles. The first-order valence-corrected chi connectivity index (χ1v) is 7.90. The van der Waals surface area contributed by atoms with Crippen molar-refractivity contribution in [2.45, 2.75) is 25.7 Å². The molecule has 0 unspecified atom stereocenters. The molecule has 2 aromatic carbocycles. The van der Waals surface area contributed by atoms with E-state index in [1.165, 1.54) is 5.56 Å². The molecule has 0 aromatic heterocycles. The smallest absolute Gasteiger partial charge is 0.337 e. The molecule has 3 heteroatoms. The molecular formula is C19H21NO2. The van der Waals surface area contributed by atoms with E-state index >= 15 is 0 Å². The van der Waals surface area contributed by atoms with E-state index in [1.807, 2.05) is 24.3 Å². The molecule has 0 spiro atoms. The highest BCUT2D eigenvalue weighted by molar-refractivity contribution is 5.95. The van der Waals surface area contributed by atoms with Crippen molar-refractivity contribution in [1.82, 2.24) is 0 Å². The summed E-state index contributed by atoms with van der Waals surface area (Å²) in [5.74, 6) is -0.830. The van der Waals surface area contributed by atoms with Gasteiger partial charge in [0, 0.05) is 13.1 Å². The first-order valence-electron chi connectivity index (χ1n) is 7.90. The van der Waals surface area contributed by atoms with Gasteiger partial charge in [-0.3, -0.25) is 0 Å². The summed E-state index contributed by atoms with van der Waals surface area (Å²) in [4.78, 5) is 13.8. The van der Waals surface area contributed by atoms with Crippen LogP contribution < -0.4 is 4.90 Å². The van der Waals surface area contributed by atoms with Gasteiger partial charge in [-0.05, 0) is 42.9 Å². The van der Waals surface area contributed by atoms with E-state index in [-0.39, 0.29) is 0 Å². The maximum atomic E-state index is 11.6. The fourth-order valence-electron chi connectivity index (χ4n) is 3.20. The Bertz CT molecular complexity index is 646. The predicted molar refractivity (Wildman–Crippen MR) is 88.7 cm³/mol. The third-order valence-corrected chi connectivity index (χ3v) is 4.30. The van der Waals surface area contributed by atoms with Crippen LogP contribution in [0.2, 0.25) is 0 Å². The summed E-state index contributed by atoms with van der Waals surface area (Å²) in [7, 11) is 0. The highest BCUT2D eigenvalue weighted by Crippen LogP contribution is 2.30. The first kappa shape index (κ1) is 14.6. The average molecular weight is 295 g/mol. The quantitative estimate of drug-likeness (QED) is 0.913. The number of hydrogen-bond acceptors (Lipinski definition) is 2. The van der Waals surface area contributed by atoms with Crippen molar-refractivity contribution >= 4 is 11.7 Å². The third-order valence-electron chi connectivity index (χ3n) is 4.30. The molecule has 3 rings (SSSR count). The lowest BCUT2D eigenvalue weighted by Crippen LogP contribution is -2.22. The molecule has 0 amide bonds. The standard InChI is InChI=1S/C19H21NO2/c21-19(22)17-10-6-9-16(18(17)20-13-4-5-14-20)12-11-15-7-2-1-3-8-15/h1-3,6-10H,4-5,11-14H2,(H,21,22). The highest BCUT2D eigenvalue weighted by Gasteiger charge is 2.22. The van der Waals surface area contributed by atoms with Gasteiger partial charge in [-0.2, -0.15) is 0 Å². The Balaban J connectivity index is 1.89. The van der Waals surface area contributed by atoms with Crippen LogP contribution in [0.1, 0.15) is 34.3 Å². The molecule has 1 aliphatic rings. The predicted octanol–water partition coefficient (Wildman–Crippen LogP) is 3.77. The summed E-state index contributed by atoms with van der Waals surface area (Å²) in [6.45, 7) is 1.92. The van der Waals surface area contributed by atoms with E-state index in [2.05, 4.69) is 23.1 Å². The monoisotopic (exact) mass is 295 g/mol. The van der Waals surface area contributed by atoms with Crippen LogP contribution >= 0.6 is 0 Å². The topological polar surface area (TPSA) is 40.5 Å². The van der Waals surface area contributed by atoms with E-state index in [9.17, 15) is 9.90 Å². The van der Waals surface area contributed by atoms with Gasteiger partial charge in [0.1, 0.15) is 0 Å². The Labute approximate surface area is 131 Å². The fourth-order valence-corrected chi connectivity index (χ4v) is 3.20. The van der Waals surface area contributed by atoms with Gasteiger partial charge in [-0.25, -0.2) is 4.79 Å². The largest absolute Gasteiger partial charge is 0.478 e. The fraction of sp³-hybridized carbons (Fsp3) is 0.316. The average Bonchev–Trinajstić information content (AvgIpc) is 3.07. The van der Waals surface area contributed by atoms with Crippen LogP contribution in [0, 0.1) is 0 Å². The van der Waals surface area contributed by atoms with Gasteiger partial charge < -0.3 is 10.0 Å². The second-order valence-electron chi connectivity index (χ2n) is 5.80. The molecule has 0 aliphatic carbocycles. The van der Waals surface area contributed by atoms with E-state index in [0.717, 1.165) is 50.0 Å². The first-order chi connectivity index (χ1) is 10.8. The number of nitrogens with zero attached hydrogens (tertiary/aromatic N) is 1. The summed E-state index contributed by atoms with van der Waals surface area (Å²) in [5.41, 5.74) is 3.80. The normalized spacial score (nSPS) is 14.3. The minimum Gasteiger partial charge on any atom is -0.478 e. The van der Waals surface area contributed by atoms with Crippen LogP contribution in [0.4, 0.5) is 5.69 Å². The van der Waals surface area contributed by atoms with Crippen LogP contribution in [0.5, 0.6) is 0 Å².